The third-order valence-corrected chi connectivity index (χ3v) is 8.06. The fourth-order valence-corrected chi connectivity index (χ4v) is 5.83. The standard InChI is InChI=1S/C22H27N5O3S/c1-22(24)8-12-30-20-13-16(4-5-17(20)22)31(28,29)27-14-19(21-18(27)3-2-9-25-21)26-10-6-15(23)7-11-26/h2-5,9,13-15H,6-8,10-12,23-24H2,1H3. The van der Waals surface area contributed by atoms with Crippen molar-refractivity contribution < 1.29 is 13.2 Å². The van der Waals surface area contributed by atoms with Crippen LogP contribution in [0, 0.1) is 0 Å². The van der Waals surface area contributed by atoms with E-state index >= 15 is 0 Å². The molecule has 5 rings (SSSR count). The molecular formula is C22H27N5O3S. The van der Waals surface area contributed by atoms with Gasteiger partial charge in [-0.05, 0) is 38.0 Å². The van der Waals surface area contributed by atoms with Crippen molar-refractivity contribution in [2.75, 3.05) is 24.6 Å². The normalized spacial score (nSPS) is 22.4. The van der Waals surface area contributed by atoms with Crippen molar-refractivity contribution in [3.8, 4) is 5.75 Å². The van der Waals surface area contributed by atoms with Crippen molar-refractivity contribution in [1.82, 2.24) is 8.96 Å². The number of ether oxygens (including phenoxy) is 1. The molecular weight excluding hydrogens is 414 g/mol. The topological polar surface area (TPSA) is 116 Å². The number of benzene rings is 1. The first-order chi connectivity index (χ1) is 14.8. The molecule has 4 heterocycles. The summed E-state index contributed by atoms with van der Waals surface area (Å²) in [6.07, 6.45) is 5.78. The molecule has 0 radical (unpaired) electrons. The number of fused-ring (bicyclic) bond motifs is 2. The molecule has 0 saturated carbocycles. The molecule has 1 fully saturated rings. The van der Waals surface area contributed by atoms with E-state index < -0.39 is 15.6 Å². The average molecular weight is 442 g/mol. The van der Waals surface area contributed by atoms with Gasteiger partial charge in [-0.3, -0.25) is 4.98 Å². The van der Waals surface area contributed by atoms with E-state index in [0.29, 0.717) is 29.8 Å². The fourth-order valence-electron chi connectivity index (χ4n) is 4.46. The van der Waals surface area contributed by atoms with Gasteiger partial charge in [-0.2, -0.15) is 0 Å². The van der Waals surface area contributed by atoms with Gasteiger partial charge in [0.1, 0.15) is 11.3 Å². The number of piperidine rings is 1. The van der Waals surface area contributed by atoms with Gasteiger partial charge in [0.25, 0.3) is 10.0 Å². The van der Waals surface area contributed by atoms with Crippen molar-refractivity contribution in [3.05, 3.63) is 48.3 Å². The lowest BCUT2D eigenvalue weighted by atomic mass is 9.88. The minimum atomic E-state index is -3.86. The number of pyridine rings is 1. The average Bonchev–Trinajstić information content (AvgIpc) is 3.14. The maximum atomic E-state index is 13.7. The summed E-state index contributed by atoms with van der Waals surface area (Å²) in [5.74, 6) is 0.525. The van der Waals surface area contributed by atoms with Crippen molar-refractivity contribution >= 4 is 26.7 Å². The maximum Gasteiger partial charge on any atom is 0.268 e. The third kappa shape index (κ3) is 3.37. The van der Waals surface area contributed by atoms with Gasteiger partial charge in [-0.15, -0.1) is 0 Å². The minimum Gasteiger partial charge on any atom is -0.493 e. The summed E-state index contributed by atoms with van der Waals surface area (Å²) in [7, 11) is -3.86. The van der Waals surface area contributed by atoms with Crippen LogP contribution in [0.1, 0.15) is 31.7 Å². The number of rotatable bonds is 3. The lowest BCUT2D eigenvalue weighted by Crippen LogP contribution is -2.39. The van der Waals surface area contributed by atoms with E-state index in [0.717, 1.165) is 37.2 Å². The lowest BCUT2D eigenvalue weighted by molar-refractivity contribution is 0.227. The Morgan fingerprint density at radius 3 is 2.77 bits per heavy atom. The minimum absolute atomic E-state index is 0.164. The summed E-state index contributed by atoms with van der Waals surface area (Å²) in [5.41, 5.74) is 14.7. The molecule has 1 atom stereocenters. The van der Waals surface area contributed by atoms with Gasteiger partial charge in [0.05, 0.1) is 22.7 Å². The van der Waals surface area contributed by atoms with Crippen LogP contribution in [-0.2, 0) is 15.6 Å². The van der Waals surface area contributed by atoms with Crippen LogP contribution in [0.3, 0.4) is 0 Å². The van der Waals surface area contributed by atoms with Crippen LogP contribution in [0.15, 0.2) is 47.6 Å². The molecule has 0 amide bonds. The summed E-state index contributed by atoms with van der Waals surface area (Å²) < 4.78 is 34.4. The second-order valence-corrected chi connectivity index (χ2v) is 10.5. The molecule has 0 bridgehead atoms. The highest BCUT2D eigenvalue weighted by atomic mass is 32.2. The molecule has 0 spiro atoms. The fraction of sp³-hybridized carbons (Fsp3) is 0.409. The third-order valence-electron chi connectivity index (χ3n) is 6.39. The molecule has 1 aromatic carbocycles. The van der Waals surface area contributed by atoms with Crippen molar-refractivity contribution in [2.45, 2.75) is 42.7 Å². The Morgan fingerprint density at radius 1 is 1.23 bits per heavy atom. The highest BCUT2D eigenvalue weighted by Gasteiger charge is 2.32. The second-order valence-electron chi connectivity index (χ2n) is 8.68. The number of aromatic nitrogens is 2. The van der Waals surface area contributed by atoms with E-state index in [9.17, 15) is 8.42 Å². The Hall–Kier alpha value is -2.62. The van der Waals surface area contributed by atoms with Gasteiger partial charge in [0.15, 0.2) is 0 Å². The number of hydrogen-bond acceptors (Lipinski definition) is 7. The Balaban J connectivity index is 1.61. The van der Waals surface area contributed by atoms with Gasteiger partial charge in [0.2, 0.25) is 0 Å². The van der Waals surface area contributed by atoms with Gasteiger partial charge >= 0.3 is 0 Å². The Morgan fingerprint density at radius 2 is 2.00 bits per heavy atom. The first-order valence-electron chi connectivity index (χ1n) is 10.6. The van der Waals surface area contributed by atoms with E-state index in [1.807, 2.05) is 6.92 Å². The van der Waals surface area contributed by atoms with Gasteiger partial charge in [-0.1, -0.05) is 6.07 Å². The summed E-state index contributed by atoms with van der Waals surface area (Å²) in [6.45, 7) is 3.95. The SMILES string of the molecule is CC1(N)CCOc2cc(S(=O)(=O)n3cc(N4CCC(N)CC4)c4ncccc43)ccc21. The van der Waals surface area contributed by atoms with Crippen LogP contribution in [0.2, 0.25) is 0 Å². The molecule has 164 valence electrons. The van der Waals surface area contributed by atoms with Crippen LogP contribution in [0.4, 0.5) is 5.69 Å². The van der Waals surface area contributed by atoms with E-state index in [1.54, 1.807) is 42.7 Å². The lowest BCUT2D eigenvalue weighted by Gasteiger charge is -2.32. The summed E-state index contributed by atoms with van der Waals surface area (Å²) in [5, 5.41) is 0. The molecule has 2 aliphatic rings. The Kier molecular flexibility index (Phi) is 4.72. The van der Waals surface area contributed by atoms with Gasteiger partial charge in [0, 0.05) is 55.1 Å². The Bertz CT molecular complexity index is 1240. The van der Waals surface area contributed by atoms with Crippen LogP contribution in [0.5, 0.6) is 5.75 Å². The van der Waals surface area contributed by atoms with E-state index in [2.05, 4.69) is 9.88 Å². The number of nitrogens with two attached hydrogens (primary N) is 2. The monoisotopic (exact) mass is 441 g/mol. The molecule has 0 aliphatic carbocycles. The van der Waals surface area contributed by atoms with Crippen molar-refractivity contribution in [2.24, 2.45) is 11.5 Å². The molecule has 8 nitrogen and oxygen atoms in total. The molecule has 2 aromatic heterocycles. The van der Waals surface area contributed by atoms with Crippen molar-refractivity contribution in [1.29, 1.82) is 0 Å². The van der Waals surface area contributed by atoms with E-state index in [4.69, 9.17) is 16.2 Å². The number of nitrogens with zero attached hydrogens (tertiary/aromatic N) is 3. The van der Waals surface area contributed by atoms with Crippen molar-refractivity contribution in [3.63, 3.8) is 0 Å². The number of hydrogen-bond donors (Lipinski definition) is 2. The second kappa shape index (κ2) is 7.22. The molecule has 1 saturated heterocycles. The molecule has 1 unspecified atom stereocenters. The van der Waals surface area contributed by atoms with Gasteiger partial charge in [-0.25, -0.2) is 12.4 Å². The quantitative estimate of drug-likeness (QED) is 0.640. The molecule has 31 heavy (non-hydrogen) atoms. The van der Waals surface area contributed by atoms with Crippen LogP contribution in [0.25, 0.3) is 11.0 Å². The number of anilines is 1. The zero-order valence-corrected chi connectivity index (χ0v) is 18.3. The van der Waals surface area contributed by atoms with E-state index in [-0.39, 0.29) is 10.9 Å². The largest absolute Gasteiger partial charge is 0.493 e. The maximum absolute atomic E-state index is 13.7. The van der Waals surface area contributed by atoms with Crippen LogP contribution < -0.4 is 21.1 Å². The molecule has 4 N–H and O–H groups in total. The molecule has 2 aliphatic heterocycles. The van der Waals surface area contributed by atoms with Gasteiger partial charge < -0.3 is 21.1 Å². The smallest absolute Gasteiger partial charge is 0.268 e. The summed E-state index contributed by atoms with van der Waals surface area (Å²) >= 11 is 0. The highest BCUT2D eigenvalue weighted by Crippen LogP contribution is 2.38. The summed E-state index contributed by atoms with van der Waals surface area (Å²) in [6, 6.07) is 8.67. The van der Waals surface area contributed by atoms with Crippen LogP contribution >= 0.6 is 0 Å². The highest BCUT2D eigenvalue weighted by molar-refractivity contribution is 7.90. The first-order valence-corrected chi connectivity index (χ1v) is 12.0. The Labute approximate surface area is 181 Å². The summed E-state index contributed by atoms with van der Waals surface area (Å²) in [4.78, 5) is 6.82. The van der Waals surface area contributed by atoms with Crippen LogP contribution in [-0.4, -0.2) is 43.1 Å². The predicted octanol–water partition coefficient (Wildman–Crippen LogP) is 2.16. The van der Waals surface area contributed by atoms with E-state index in [1.165, 1.54) is 3.97 Å². The zero-order valence-electron chi connectivity index (χ0n) is 17.5. The zero-order chi connectivity index (χ0) is 21.8. The predicted molar refractivity (Wildman–Crippen MR) is 120 cm³/mol. The first kappa shape index (κ1) is 20.3. The molecule has 3 aromatic rings. The molecule has 9 heteroatoms.